The van der Waals surface area contributed by atoms with E-state index >= 15 is 0 Å². The number of anilines is 1. The fraction of sp³-hybridized carbons (Fsp3) is 0.250. The van der Waals surface area contributed by atoms with Gasteiger partial charge in [-0.05, 0) is 31.0 Å². The molecule has 2 aromatic heterocycles. The van der Waals surface area contributed by atoms with Gasteiger partial charge in [0.25, 0.3) is 0 Å². The van der Waals surface area contributed by atoms with Crippen LogP contribution in [0.4, 0.5) is 14.7 Å². The Balaban J connectivity index is 1.77. The number of carboxylic acids is 1. The highest BCUT2D eigenvalue weighted by Crippen LogP contribution is 2.36. The molecule has 0 radical (unpaired) electrons. The predicted molar refractivity (Wildman–Crippen MR) is 83.4 cm³/mol. The van der Waals surface area contributed by atoms with E-state index in [0.717, 1.165) is 18.6 Å². The largest absolute Gasteiger partial charge is 0.477 e. The molecule has 1 saturated heterocycles. The third-order valence-corrected chi connectivity index (χ3v) is 4.31. The summed E-state index contributed by atoms with van der Waals surface area (Å²) in [6.07, 6.45) is 3.95. The van der Waals surface area contributed by atoms with Crippen molar-refractivity contribution < 1.29 is 18.7 Å². The standard InChI is InChI=1S/C16H13F2N5O2/c17-9-3-4-12(18)10(6-9)13-2-1-5-22(13)16-19-8-23-14(21-16)11(7-20-23)15(24)25/h3-4,6-8,13H,1-2,5H2,(H,24,25). The highest BCUT2D eigenvalue weighted by Gasteiger charge is 2.31. The van der Waals surface area contributed by atoms with Crippen LogP contribution >= 0.6 is 0 Å². The van der Waals surface area contributed by atoms with Crippen molar-refractivity contribution in [2.45, 2.75) is 18.9 Å². The molecular formula is C16H13F2N5O2. The SMILES string of the molecule is O=C(O)c1cnn2cnc(N3CCCC3c3cc(F)ccc3F)nc12. The second kappa shape index (κ2) is 5.76. The Bertz CT molecular complexity index is 974. The number of nitrogens with zero attached hydrogens (tertiary/aromatic N) is 5. The number of carbonyl (C=O) groups is 1. The minimum absolute atomic E-state index is 0.0451. The van der Waals surface area contributed by atoms with Crippen LogP contribution in [0, 0.1) is 11.6 Å². The minimum atomic E-state index is -1.14. The van der Waals surface area contributed by atoms with Crippen molar-refractivity contribution in [2.24, 2.45) is 0 Å². The number of aromatic carboxylic acids is 1. The van der Waals surface area contributed by atoms with Gasteiger partial charge in [0.05, 0.1) is 12.2 Å². The van der Waals surface area contributed by atoms with E-state index in [0.29, 0.717) is 13.0 Å². The number of hydrogen-bond acceptors (Lipinski definition) is 5. The van der Waals surface area contributed by atoms with Gasteiger partial charge in [0.2, 0.25) is 5.95 Å². The average molecular weight is 345 g/mol. The summed E-state index contributed by atoms with van der Waals surface area (Å²) in [5, 5.41) is 13.1. The lowest BCUT2D eigenvalue weighted by atomic mass is 10.0. The molecule has 1 aromatic carbocycles. The number of rotatable bonds is 3. The Morgan fingerprint density at radius 2 is 2.16 bits per heavy atom. The quantitative estimate of drug-likeness (QED) is 0.785. The van der Waals surface area contributed by atoms with Crippen molar-refractivity contribution in [2.75, 3.05) is 11.4 Å². The van der Waals surface area contributed by atoms with Crippen LogP contribution in [0.3, 0.4) is 0 Å². The molecule has 0 aliphatic carbocycles. The van der Waals surface area contributed by atoms with Crippen molar-refractivity contribution in [3.63, 3.8) is 0 Å². The summed E-state index contributed by atoms with van der Waals surface area (Å²) in [6.45, 7) is 0.563. The van der Waals surface area contributed by atoms with Gasteiger partial charge in [-0.15, -0.1) is 0 Å². The maximum atomic E-state index is 14.2. The molecule has 3 heterocycles. The van der Waals surface area contributed by atoms with Gasteiger partial charge in [0.1, 0.15) is 23.5 Å². The fourth-order valence-electron chi connectivity index (χ4n) is 3.17. The van der Waals surface area contributed by atoms with Crippen LogP contribution in [-0.2, 0) is 0 Å². The smallest absolute Gasteiger partial charge is 0.341 e. The van der Waals surface area contributed by atoms with Crippen LogP contribution in [0.25, 0.3) is 5.65 Å². The van der Waals surface area contributed by atoms with E-state index < -0.39 is 23.6 Å². The van der Waals surface area contributed by atoms with Crippen molar-refractivity contribution in [1.82, 2.24) is 19.6 Å². The first-order valence-electron chi connectivity index (χ1n) is 7.70. The number of halogens is 2. The van der Waals surface area contributed by atoms with Gasteiger partial charge in [-0.3, -0.25) is 0 Å². The molecule has 1 aliphatic rings. The molecule has 128 valence electrons. The van der Waals surface area contributed by atoms with E-state index in [9.17, 15) is 18.7 Å². The average Bonchev–Trinajstić information content (AvgIpc) is 3.22. The highest BCUT2D eigenvalue weighted by molar-refractivity contribution is 5.94. The van der Waals surface area contributed by atoms with Crippen LogP contribution < -0.4 is 4.90 Å². The molecule has 25 heavy (non-hydrogen) atoms. The molecule has 9 heteroatoms. The molecular weight excluding hydrogens is 332 g/mol. The number of hydrogen-bond donors (Lipinski definition) is 1. The van der Waals surface area contributed by atoms with Gasteiger partial charge in [-0.25, -0.2) is 23.1 Å². The Hall–Kier alpha value is -3.10. The van der Waals surface area contributed by atoms with Gasteiger partial charge in [0.15, 0.2) is 5.65 Å². The number of fused-ring (bicyclic) bond motifs is 1. The van der Waals surface area contributed by atoms with E-state index in [-0.39, 0.29) is 22.7 Å². The number of aromatic nitrogens is 4. The van der Waals surface area contributed by atoms with E-state index in [1.165, 1.54) is 23.1 Å². The maximum Gasteiger partial charge on any atom is 0.341 e. The molecule has 1 atom stereocenters. The van der Waals surface area contributed by atoms with Crippen LogP contribution in [0.5, 0.6) is 0 Å². The summed E-state index contributed by atoms with van der Waals surface area (Å²) in [5.41, 5.74) is 0.354. The summed E-state index contributed by atoms with van der Waals surface area (Å²) in [6, 6.07) is 2.95. The van der Waals surface area contributed by atoms with Crippen LogP contribution in [0.2, 0.25) is 0 Å². The Morgan fingerprint density at radius 3 is 2.96 bits per heavy atom. The Morgan fingerprint density at radius 1 is 1.32 bits per heavy atom. The molecule has 0 spiro atoms. The molecule has 7 nitrogen and oxygen atoms in total. The number of benzene rings is 1. The second-order valence-corrected chi connectivity index (χ2v) is 5.81. The molecule has 1 aliphatic heterocycles. The molecule has 1 unspecified atom stereocenters. The zero-order chi connectivity index (χ0) is 17.6. The summed E-state index contributed by atoms with van der Waals surface area (Å²) in [4.78, 5) is 21.5. The molecule has 3 aromatic rings. The minimum Gasteiger partial charge on any atom is -0.477 e. The van der Waals surface area contributed by atoms with Gasteiger partial charge >= 0.3 is 5.97 Å². The van der Waals surface area contributed by atoms with Crippen molar-refractivity contribution in [1.29, 1.82) is 0 Å². The molecule has 0 bridgehead atoms. The van der Waals surface area contributed by atoms with Gasteiger partial charge in [-0.1, -0.05) is 0 Å². The third-order valence-electron chi connectivity index (χ3n) is 4.31. The fourth-order valence-corrected chi connectivity index (χ4v) is 3.17. The highest BCUT2D eigenvalue weighted by atomic mass is 19.1. The zero-order valence-corrected chi connectivity index (χ0v) is 12.9. The van der Waals surface area contributed by atoms with Crippen molar-refractivity contribution in [3.05, 3.63) is 53.5 Å². The van der Waals surface area contributed by atoms with Crippen LogP contribution in [0.15, 0.2) is 30.7 Å². The third kappa shape index (κ3) is 2.57. The summed E-state index contributed by atoms with van der Waals surface area (Å²) in [7, 11) is 0. The molecule has 1 N–H and O–H groups in total. The van der Waals surface area contributed by atoms with Gasteiger partial charge < -0.3 is 10.0 Å². The topological polar surface area (TPSA) is 83.6 Å². The number of carboxylic acid groups (broad SMARTS) is 1. The first-order valence-corrected chi connectivity index (χ1v) is 7.70. The van der Waals surface area contributed by atoms with E-state index in [1.807, 2.05) is 0 Å². The lowest BCUT2D eigenvalue weighted by Gasteiger charge is -2.25. The molecule has 0 amide bonds. The van der Waals surface area contributed by atoms with Gasteiger partial charge in [-0.2, -0.15) is 10.1 Å². The monoisotopic (exact) mass is 345 g/mol. The summed E-state index contributed by atoms with van der Waals surface area (Å²) < 4.78 is 29.0. The molecule has 1 fully saturated rings. The summed E-state index contributed by atoms with van der Waals surface area (Å²) in [5.74, 6) is -1.88. The Labute approximate surface area is 140 Å². The normalized spacial score (nSPS) is 17.4. The summed E-state index contributed by atoms with van der Waals surface area (Å²) >= 11 is 0. The molecule has 4 rings (SSSR count). The van der Waals surface area contributed by atoms with E-state index in [4.69, 9.17) is 0 Å². The van der Waals surface area contributed by atoms with E-state index in [2.05, 4.69) is 15.1 Å². The maximum absolute atomic E-state index is 14.2. The zero-order valence-electron chi connectivity index (χ0n) is 12.9. The lowest BCUT2D eigenvalue weighted by molar-refractivity contribution is 0.0698. The lowest BCUT2D eigenvalue weighted by Crippen LogP contribution is -2.26. The predicted octanol–water partition coefficient (Wildman–Crippen LogP) is 2.44. The Kier molecular flexibility index (Phi) is 3.56. The van der Waals surface area contributed by atoms with Crippen molar-refractivity contribution in [3.8, 4) is 0 Å². The van der Waals surface area contributed by atoms with Gasteiger partial charge in [0, 0.05) is 12.1 Å². The van der Waals surface area contributed by atoms with Crippen molar-refractivity contribution >= 4 is 17.6 Å². The first-order chi connectivity index (χ1) is 12.0. The first kappa shape index (κ1) is 15.4. The van der Waals surface area contributed by atoms with Crippen LogP contribution in [0.1, 0.15) is 34.8 Å². The van der Waals surface area contributed by atoms with Crippen LogP contribution in [-0.4, -0.2) is 37.2 Å². The molecule has 0 saturated carbocycles. The van der Waals surface area contributed by atoms with E-state index in [1.54, 1.807) is 4.90 Å². The second-order valence-electron chi connectivity index (χ2n) is 5.81.